The molecule has 1 aromatic carbocycles. The molecule has 248 valence electrons. The highest BCUT2D eigenvalue weighted by Gasteiger charge is 2.64. The van der Waals surface area contributed by atoms with E-state index in [0.717, 1.165) is 17.6 Å². The Hall–Kier alpha value is -3.12. The molecule has 2 saturated heterocycles. The Balaban J connectivity index is 1.78. The summed E-state index contributed by atoms with van der Waals surface area (Å²) in [6.07, 6.45) is 3.38. The molecule has 3 unspecified atom stereocenters. The van der Waals surface area contributed by atoms with E-state index < -0.39 is 53.7 Å². The van der Waals surface area contributed by atoms with Crippen molar-refractivity contribution in [2.24, 2.45) is 5.92 Å². The van der Waals surface area contributed by atoms with Crippen molar-refractivity contribution in [2.45, 2.75) is 102 Å². The van der Waals surface area contributed by atoms with Crippen LogP contribution in [0.1, 0.15) is 65.4 Å². The molecule has 3 aliphatic heterocycles. The maximum absolute atomic E-state index is 13.8. The summed E-state index contributed by atoms with van der Waals surface area (Å²) in [5.41, 5.74) is -0.559. The van der Waals surface area contributed by atoms with Crippen molar-refractivity contribution >= 4 is 35.3 Å². The number of amides is 2. The summed E-state index contributed by atoms with van der Waals surface area (Å²) in [6.45, 7) is 7.54. The fourth-order valence-electron chi connectivity index (χ4n) is 6.14. The maximum Gasteiger partial charge on any atom is 0.409 e. The Morgan fingerprint density at radius 1 is 1.27 bits per heavy atom. The van der Waals surface area contributed by atoms with Crippen LogP contribution in [0.25, 0.3) is 0 Å². The van der Waals surface area contributed by atoms with E-state index in [1.807, 2.05) is 39.0 Å². The van der Waals surface area contributed by atoms with Crippen LogP contribution >= 0.6 is 11.6 Å². The largest absolute Gasteiger partial charge is 0.495 e. The van der Waals surface area contributed by atoms with Gasteiger partial charge >= 0.3 is 12.1 Å². The molecule has 2 amide bonds. The molecule has 4 rings (SSSR count). The van der Waals surface area contributed by atoms with E-state index in [0.29, 0.717) is 24.3 Å². The lowest BCUT2D eigenvalue weighted by Gasteiger charge is -2.42. The number of epoxide rings is 1. The van der Waals surface area contributed by atoms with E-state index in [1.54, 1.807) is 26.1 Å². The van der Waals surface area contributed by atoms with Gasteiger partial charge in [-0.25, -0.2) is 4.79 Å². The number of benzene rings is 1. The van der Waals surface area contributed by atoms with Crippen molar-refractivity contribution in [1.82, 2.24) is 5.32 Å². The first-order valence-electron chi connectivity index (χ1n) is 15.3. The van der Waals surface area contributed by atoms with Gasteiger partial charge in [0.1, 0.15) is 34.7 Å². The molecule has 0 saturated carbocycles. The molecule has 12 heteroatoms. The van der Waals surface area contributed by atoms with Crippen LogP contribution in [0.3, 0.4) is 0 Å². The minimum Gasteiger partial charge on any atom is -0.495 e. The molecular weight excluding hydrogens is 604 g/mol. The third kappa shape index (κ3) is 7.65. The number of hydrogen-bond acceptors (Lipinski definition) is 9. The number of carbonyl (C=O) groups excluding carboxylic acids is 3. The zero-order valence-electron chi connectivity index (χ0n) is 27.1. The van der Waals surface area contributed by atoms with Gasteiger partial charge < -0.3 is 33.7 Å². The number of hydrogen-bond donors (Lipinski definition) is 2. The number of aliphatic hydroxyl groups is 1. The van der Waals surface area contributed by atoms with Gasteiger partial charge in [-0.05, 0) is 44.4 Å². The third-order valence-corrected chi connectivity index (χ3v) is 9.34. The number of nitrogens with zero attached hydrogens (tertiary/aromatic N) is 1. The first-order valence-corrected chi connectivity index (χ1v) is 15.7. The van der Waals surface area contributed by atoms with E-state index >= 15 is 0 Å². The Labute approximate surface area is 269 Å². The zero-order valence-corrected chi connectivity index (χ0v) is 27.8. The topological polar surface area (TPSA) is 136 Å². The molecule has 4 bridgehead atoms. The number of anilines is 1. The fourth-order valence-corrected chi connectivity index (χ4v) is 6.46. The van der Waals surface area contributed by atoms with E-state index in [4.69, 9.17) is 35.3 Å². The zero-order chi connectivity index (χ0) is 33.1. The van der Waals surface area contributed by atoms with Crippen LogP contribution in [0, 0.1) is 5.92 Å². The first-order chi connectivity index (χ1) is 21.3. The van der Waals surface area contributed by atoms with Crippen molar-refractivity contribution < 1.29 is 43.2 Å². The lowest BCUT2D eigenvalue weighted by Crippen LogP contribution is -2.63. The van der Waals surface area contributed by atoms with Crippen molar-refractivity contribution in [2.75, 3.05) is 26.2 Å². The van der Waals surface area contributed by atoms with Crippen molar-refractivity contribution in [3.63, 3.8) is 0 Å². The number of rotatable bonds is 6. The molecule has 7 atom stereocenters. The fraction of sp³-hybridized carbons (Fsp3) is 0.606. The molecular formula is C33H45ClN2O9. The second kappa shape index (κ2) is 14.1. The van der Waals surface area contributed by atoms with Crippen LogP contribution in [0.2, 0.25) is 5.02 Å². The number of nitrogens with one attached hydrogen (secondary N) is 1. The van der Waals surface area contributed by atoms with Crippen LogP contribution in [0.15, 0.2) is 35.9 Å². The average Bonchev–Trinajstić information content (AvgIpc) is 3.69. The summed E-state index contributed by atoms with van der Waals surface area (Å²) in [6, 6.07) is 3.65. The van der Waals surface area contributed by atoms with Gasteiger partial charge in [0.2, 0.25) is 5.91 Å². The van der Waals surface area contributed by atoms with E-state index in [9.17, 15) is 19.5 Å². The number of halogens is 1. The third-order valence-electron chi connectivity index (χ3n) is 8.96. The Bertz CT molecular complexity index is 1350. The molecule has 0 aliphatic carbocycles. The summed E-state index contributed by atoms with van der Waals surface area (Å²) in [5.74, 6) is -0.790. The first kappa shape index (κ1) is 34.7. The van der Waals surface area contributed by atoms with Crippen LogP contribution < -0.4 is 15.0 Å². The number of ether oxygens (including phenoxy) is 5. The van der Waals surface area contributed by atoms with Gasteiger partial charge in [0.15, 0.2) is 5.72 Å². The Kier molecular flexibility index (Phi) is 10.9. The van der Waals surface area contributed by atoms with Crippen LogP contribution in [-0.4, -0.2) is 80.1 Å². The predicted octanol–water partition coefficient (Wildman–Crippen LogP) is 4.86. The molecule has 0 spiro atoms. The van der Waals surface area contributed by atoms with Gasteiger partial charge in [0.05, 0.1) is 25.3 Å². The summed E-state index contributed by atoms with van der Waals surface area (Å²) in [4.78, 5) is 40.8. The normalized spacial score (nSPS) is 34.0. The number of unbranched alkanes of at least 4 members (excludes halogenated alkanes) is 1. The second-order valence-corrected chi connectivity index (χ2v) is 12.8. The second-order valence-electron chi connectivity index (χ2n) is 12.4. The van der Waals surface area contributed by atoms with Gasteiger partial charge in [-0.1, -0.05) is 55.7 Å². The number of esters is 1. The van der Waals surface area contributed by atoms with Crippen LogP contribution in [0.4, 0.5) is 10.5 Å². The number of methoxy groups -OCH3 is 2. The number of carbonyl (C=O) groups is 3. The number of alkyl carbamates (subject to hydrolysis) is 1. The van der Waals surface area contributed by atoms with Gasteiger partial charge in [0.25, 0.3) is 0 Å². The summed E-state index contributed by atoms with van der Waals surface area (Å²) >= 11 is 6.70. The monoisotopic (exact) mass is 648 g/mol. The van der Waals surface area contributed by atoms with E-state index in [-0.39, 0.29) is 30.2 Å². The lowest BCUT2D eigenvalue weighted by molar-refractivity contribution is -0.154. The average molecular weight is 649 g/mol. The van der Waals surface area contributed by atoms with Crippen LogP contribution in [0.5, 0.6) is 5.75 Å². The van der Waals surface area contributed by atoms with Gasteiger partial charge in [0, 0.05) is 32.9 Å². The molecule has 11 nitrogen and oxygen atoms in total. The highest BCUT2D eigenvalue weighted by molar-refractivity contribution is 6.35. The predicted molar refractivity (Wildman–Crippen MR) is 168 cm³/mol. The quantitative estimate of drug-likeness (QED) is 0.327. The van der Waals surface area contributed by atoms with Crippen LogP contribution in [-0.2, 0) is 35.0 Å². The number of allylic oxidation sites excluding steroid dienone is 3. The highest BCUT2D eigenvalue weighted by atomic mass is 35.5. The van der Waals surface area contributed by atoms with Gasteiger partial charge in [-0.15, -0.1) is 0 Å². The Morgan fingerprint density at radius 3 is 2.67 bits per heavy atom. The SMILES string of the molecule is CCCCC(=O)O[C@@H]1CC(=O)N(C)c2cc(cc(OC)c2Cl)C/C(C)=C/C=C/[C@@H](OC)[C@@]2(O)CC(OC(=O)N2)[C@@H](C)C2OC21C. The smallest absolute Gasteiger partial charge is 0.409 e. The van der Waals surface area contributed by atoms with Gasteiger partial charge in [-0.2, -0.15) is 0 Å². The van der Waals surface area contributed by atoms with Crippen molar-refractivity contribution in [3.05, 3.63) is 46.5 Å². The molecule has 2 N–H and O–H groups in total. The Morgan fingerprint density at radius 2 is 2.00 bits per heavy atom. The van der Waals surface area contributed by atoms with Crippen molar-refractivity contribution in [1.29, 1.82) is 0 Å². The van der Waals surface area contributed by atoms with E-state index in [1.165, 1.54) is 19.1 Å². The molecule has 0 radical (unpaired) electrons. The van der Waals surface area contributed by atoms with Crippen molar-refractivity contribution in [3.8, 4) is 5.75 Å². The molecule has 45 heavy (non-hydrogen) atoms. The molecule has 1 aromatic rings. The molecule has 3 heterocycles. The summed E-state index contributed by atoms with van der Waals surface area (Å²) in [5, 5.41) is 14.4. The minimum atomic E-state index is -1.77. The molecule has 2 fully saturated rings. The molecule has 3 aliphatic rings. The standard InChI is InChI=1S/C33H45ClN2O9/c1-8-9-13-28(38)44-26-17-27(37)36(5)22-15-21(16-23(41-6)29(22)34)14-19(2)11-10-12-25(42-7)33(40)18-24(43-31(39)35-33)20(3)30-32(26,4)45-30/h10-12,15-16,20,24-26,30,40H,8-9,13-14,17-18H2,1-7H3,(H,35,39)/b12-10+,19-11+/t20-,24?,25-,26-,30?,32?,33+/m1/s1. The maximum atomic E-state index is 13.8. The lowest BCUT2D eigenvalue weighted by atomic mass is 9.83. The minimum absolute atomic E-state index is 0.00808. The van der Waals surface area contributed by atoms with Gasteiger partial charge in [-0.3, -0.25) is 14.9 Å². The summed E-state index contributed by atoms with van der Waals surface area (Å²) < 4.78 is 28.9. The summed E-state index contributed by atoms with van der Waals surface area (Å²) in [7, 11) is 4.58. The number of fused-ring (bicyclic) bond motifs is 5. The highest BCUT2D eigenvalue weighted by Crippen LogP contribution is 2.49. The van der Waals surface area contributed by atoms with E-state index in [2.05, 4.69) is 5.32 Å². The molecule has 0 aromatic heterocycles.